The number of hydrogen-bond acceptors (Lipinski definition) is 3. The van der Waals surface area contributed by atoms with E-state index in [1.54, 1.807) is 11.3 Å². The summed E-state index contributed by atoms with van der Waals surface area (Å²) >= 11 is 3.66. The highest BCUT2D eigenvalue weighted by molar-refractivity contribution is 7.10. The molecule has 1 unspecified atom stereocenters. The van der Waals surface area contributed by atoms with E-state index in [4.69, 9.17) is 0 Å². The zero-order valence-electron chi connectivity index (χ0n) is 10.4. The topological polar surface area (TPSA) is 12.0 Å². The summed E-state index contributed by atoms with van der Waals surface area (Å²) in [6.07, 6.45) is 2.29. The van der Waals surface area contributed by atoms with Crippen LogP contribution in [0.1, 0.15) is 35.4 Å². The van der Waals surface area contributed by atoms with Gasteiger partial charge >= 0.3 is 0 Å². The monoisotopic (exact) mass is 265 g/mol. The summed E-state index contributed by atoms with van der Waals surface area (Å²) in [5.41, 5.74) is 2.89. The molecule has 0 aliphatic carbocycles. The normalized spacial score (nSPS) is 12.8. The third-order valence-electron chi connectivity index (χ3n) is 2.90. The first kappa shape index (κ1) is 12.8. The average Bonchev–Trinajstić information content (AvgIpc) is 2.95. The van der Waals surface area contributed by atoms with Gasteiger partial charge in [0.05, 0.1) is 0 Å². The Bertz CT molecular complexity index is 431. The van der Waals surface area contributed by atoms with Crippen molar-refractivity contribution in [3.8, 4) is 0 Å². The van der Waals surface area contributed by atoms with Crippen molar-refractivity contribution in [1.29, 1.82) is 0 Å². The zero-order chi connectivity index (χ0) is 12.1. The van der Waals surface area contributed by atoms with Crippen molar-refractivity contribution in [1.82, 2.24) is 5.32 Å². The Hall–Kier alpha value is -0.640. The fourth-order valence-electron chi connectivity index (χ4n) is 1.97. The largest absolute Gasteiger partial charge is 0.310 e. The van der Waals surface area contributed by atoms with Crippen molar-refractivity contribution < 1.29 is 0 Å². The van der Waals surface area contributed by atoms with Crippen LogP contribution in [0.2, 0.25) is 0 Å². The Morgan fingerprint density at radius 1 is 1.35 bits per heavy atom. The first-order chi connectivity index (χ1) is 8.31. The quantitative estimate of drug-likeness (QED) is 0.816. The molecule has 92 valence electrons. The van der Waals surface area contributed by atoms with Gasteiger partial charge in [-0.1, -0.05) is 13.0 Å². The van der Waals surface area contributed by atoms with Crippen molar-refractivity contribution >= 4 is 22.7 Å². The number of thiophene rings is 2. The minimum absolute atomic E-state index is 0.472. The summed E-state index contributed by atoms with van der Waals surface area (Å²) in [6, 6.07) is 4.84. The van der Waals surface area contributed by atoms with Gasteiger partial charge in [-0.2, -0.15) is 11.3 Å². The molecular formula is C14H19NS2. The predicted molar refractivity (Wildman–Crippen MR) is 78.1 cm³/mol. The molecule has 0 fully saturated rings. The predicted octanol–water partition coefficient (Wildman–Crippen LogP) is 4.40. The van der Waals surface area contributed by atoms with Crippen molar-refractivity contribution in [2.45, 2.75) is 32.7 Å². The van der Waals surface area contributed by atoms with Gasteiger partial charge in [-0.15, -0.1) is 11.3 Å². The van der Waals surface area contributed by atoms with E-state index in [0.29, 0.717) is 6.04 Å². The molecule has 0 saturated carbocycles. The van der Waals surface area contributed by atoms with Gasteiger partial charge in [-0.3, -0.25) is 0 Å². The van der Waals surface area contributed by atoms with Crippen LogP contribution in [0.25, 0.3) is 0 Å². The molecule has 3 heteroatoms. The summed E-state index contributed by atoms with van der Waals surface area (Å²) in [4.78, 5) is 1.46. The van der Waals surface area contributed by atoms with Gasteiger partial charge in [0.15, 0.2) is 0 Å². The van der Waals surface area contributed by atoms with Gasteiger partial charge in [0, 0.05) is 17.3 Å². The first-order valence-electron chi connectivity index (χ1n) is 6.09. The van der Waals surface area contributed by atoms with Crippen LogP contribution in [-0.2, 0) is 6.42 Å². The molecule has 0 amide bonds. The van der Waals surface area contributed by atoms with Gasteiger partial charge in [0.25, 0.3) is 0 Å². The third-order valence-corrected chi connectivity index (χ3v) is 4.68. The van der Waals surface area contributed by atoms with E-state index in [-0.39, 0.29) is 0 Å². The number of aryl methyl sites for hydroxylation is 1. The van der Waals surface area contributed by atoms with Crippen LogP contribution in [0.5, 0.6) is 0 Å². The zero-order valence-corrected chi connectivity index (χ0v) is 12.0. The molecule has 1 N–H and O–H groups in total. The SMILES string of the molecule is CCCNC(Cc1cccs1)c1cscc1C. The Balaban J connectivity index is 2.11. The smallest absolute Gasteiger partial charge is 0.0379 e. The fourth-order valence-corrected chi connectivity index (χ4v) is 3.62. The summed E-state index contributed by atoms with van der Waals surface area (Å²) in [5.74, 6) is 0. The maximum atomic E-state index is 3.66. The lowest BCUT2D eigenvalue weighted by Gasteiger charge is -2.18. The van der Waals surface area contributed by atoms with Crippen LogP contribution in [0, 0.1) is 6.92 Å². The highest BCUT2D eigenvalue weighted by atomic mass is 32.1. The first-order valence-corrected chi connectivity index (χ1v) is 7.92. The van der Waals surface area contributed by atoms with E-state index in [0.717, 1.165) is 13.0 Å². The standard InChI is InChI=1S/C14H19NS2/c1-3-6-15-14(8-12-5-4-7-17-12)13-10-16-9-11(13)2/h4-5,7,9-10,14-15H,3,6,8H2,1-2H3. The van der Waals surface area contributed by atoms with Crippen LogP contribution in [0.15, 0.2) is 28.3 Å². The lowest BCUT2D eigenvalue weighted by Crippen LogP contribution is -2.24. The summed E-state index contributed by atoms with van der Waals surface area (Å²) in [7, 11) is 0. The van der Waals surface area contributed by atoms with E-state index in [2.05, 4.69) is 47.4 Å². The van der Waals surface area contributed by atoms with E-state index < -0.39 is 0 Å². The molecule has 1 nitrogen and oxygen atoms in total. The molecular weight excluding hydrogens is 246 g/mol. The van der Waals surface area contributed by atoms with Gasteiger partial charge in [-0.25, -0.2) is 0 Å². The van der Waals surface area contributed by atoms with Gasteiger partial charge in [-0.05, 0) is 53.2 Å². The molecule has 17 heavy (non-hydrogen) atoms. The van der Waals surface area contributed by atoms with Crippen LogP contribution in [0.3, 0.4) is 0 Å². The summed E-state index contributed by atoms with van der Waals surface area (Å²) in [5, 5.41) is 10.4. The Morgan fingerprint density at radius 3 is 2.82 bits per heavy atom. The second-order valence-corrected chi connectivity index (χ2v) is 6.08. The Morgan fingerprint density at radius 2 is 2.24 bits per heavy atom. The minimum Gasteiger partial charge on any atom is -0.310 e. The summed E-state index contributed by atoms with van der Waals surface area (Å²) < 4.78 is 0. The van der Waals surface area contributed by atoms with Gasteiger partial charge < -0.3 is 5.32 Å². The highest BCUT2D eigenvalue weighted by Gasteiger charge is 2.14. The molecule has 2 rings (SSSR count). The molecule has 0 bridgehead atoms. The molecule has 2 aromatic heterocycles. The van der Waals surface area contributed by atoms with Crippen LogP contribution in [0.4, 0.5) is 0 Å². The molecule has 2 heterocycles. The van der Waals surface area contributed by atoms with Crippen LogP contribution < -0.4 is 5.32 Å². The lowest BCUT2D eigenvalue weighted by atomic mass is 10.0. The Labute approximate surface area is 112 Å². The number of nitrogens with one attached hydrogen (secondary N) is 1. The molecule has 1 atom stereocenters. The highest BCUT2D eigenvalue weighted by Crippen LogP contribution is 2.26. The summed E-state index contributed by atoms with van der Waals surface area (Å²) in [6.45, 7) is 5.52. The molecule has 0 aromatic carbocycles. The van der Waals surface area contributed by atoms with E-state index in [1.165, 1.54) is 22.4 Å². The third kappa shape index (κ3) is 3.41. The van der Waals surface area contributed by atoms with Crippen molar-refractivity contribution in [2.75, 3.05) is 6.54 Å². The van der Waals surface area contributed by atoms with E-state index in [9.17, 15) is 0 Å². The van der Waals surface area contributed by atoms with Crippen LogP contribution in [-0.4, -0.2) is 6.54 Å². The number of hydrogen-bond donors (Lipinski definition) is 1. The number of rotatable bonds is 6. The lowest BCUT2D eigenvalue weighted by molar-refractivity contribution is 0.531. The second-order valence-electron chi connectivity index (χ2n) is 4.30. The molecule has 0 radical (unpaired) electrons. The minimum atomic E-state index is 0.472. The molecule has 0 aliphatic rings. The molecule has 0 saturated heterocycles. The fraction of sp³-hybridized carbons (Fsp3) is 0.429. The van der Waals surface area contributed by atoms with Crippen molar-refractivity contribution in [2.24, 2.45) is 0 Å². The maximum absolute atomic E-state index is 3.66. The second kappa shape index (κ2) is 6.34. The van der Waals surface area contributed by atoms with E-state index >= 15 is 0 Å². The molecule has 0 aliphatic heterocycles. The van der Waals surface area contributed by atoms with Crippen molar-refractivity contribution in [3.63, 3.8) is 0 Å². The van der Waals surface area contributed by atoms with Crippen molar-refractivity contribution in [3.05, 3.63) is 44.3 Å². The van der Waals surface area contributed by atoms with E-state index in [1.807, 2.05) is 11.3 Å². The Kier molecular flexibility index (Phi) is 4.77. The van der Waals surface area contributed by atoms with Crippen LogP contribution >= 0.6 is 22.7 Å². The van der Waals surface area contributed by atoms with Gasteiger partial charge in [0.1, 0.15) is 0 Å². The maximum Gasteiger partial charge on any atom is 0.0379 e. The molecule has 2 aromatic rings. The van der Waals surface area contributed by atoms with Gasteiger partial charge in [0.2, 0.25) is 0 Å². The average molecular weight is 265 g/mol. The molecule has 0 spiro atoms.